The maximum atomic E-state index is 6.62. The third-order valence-corrected chi connectivity index (χ3v) is 13.9. The monoisotopic (exact) mass is 911 g/mol. The summed E-state index contributed by atoms with van der Waals surface area (Å²) in [5.41, 5.74) is 17.7. The number of anilines is 9. The molecule has 11 aromatic rings. The van der Waals surface area contributed by atoms with Crippen molar-refractivity contribution in [1.82, 2.24) is 9.97 Å². The highest BCUT2D eigenvalue weighted by atomic mass is 16.5. The normalized spacial score (nSPS) is 13.0. The van der Waals surface area contributed by atoms with E-state index in [0.29, 0.717) is 0 Å². The van der Waals surface area contributed by atoms with Gasteiger partial charge in [-0.2, -0.15) is 0 Å². The highest BCUT2D eigenvalue weighted by Gasteiger charge is 2.46. The van der Waals surface area contributed by atoms with E-state index in [0.717, 1.165) is 84.9 Å². The van der Waals surface area contributed by atoms with E-state index >= 15 is 0 Å². The Bertz CT molecular complexity index is 3460. The predicted molar refractivity (Wildman–Crippen MR) is 289 cm³/mol. The van der Waals surface area contributed by atoms with E-state index in [1.165, 1.54) is 22.3 Å². The van der Waals surface area contributed by atoms with Gasteiger partial charge in [0.1, 0.15) is 0 Å². The number of rotatable bonds is 9. The molecule has 0 atom stereocenters. The molecule has 9 aromatic carbocycles. The van der Waals surface area contributed by atoms with Gasteiger partial charge in [-0.1, -0.05) is 146 Å². The van der Waals surface area contributed by atoms with Crippen LogP contribution < -0.4 is 19.4 Å². The molecule has 0 radical (unpaired) electrons. The minimum atomic E-state index is -0.617. The maximum absolute atomic E-state index is 6.62. The lowest BCUT2D eigenvalue weighted by Gasteiger charge is -2.46. The van der Waals surface area contributed by atoms with Gasteiger partial charge in [0.05, 0.1) is 45.2 Å². The van der Waals surface area contributed by atoms with Crippen molar-refractivity contribution in [3.63, 3.8) is 0 Å². The molecule has 0 saturated heterocycles. The van der Waals surface area contributed by atoms with Crippen LogP contribution in [0.1, 0.15) is 22.3 Å². The van der Waals surface area contributed by atoms with Crippen LogP contribution in [0.3, 0.4) is 0 Å². The van der Waals surface area contributed by atoms with Gasteiger partial charge in [0, 0.05) is 36.2 Å². The van der Waals surface area contributed by atoms with Gasteiger partial charge in [0.2, 0.25) is 0 Å². The lowest BCUT2D eigenvalue weighted by Crippen LogP contribution is -2.37. The Balaban J connectivity index is 1.08. The van der Waals surface area contributed by atoms with Gasteiger partial charge >= 0.3 is 0 Å². The van der Waals surface area contributed by atoms with Crippen LogP contribution in [0.5, 0.6) is 11.5 Å². The van der Waals surface area contributed by atoms with Crippen LogP contribution >= 0.6 is 0 Å². The number of hydrogen-bond donors (Lipinski definition) is 0. The van der Waals surface area contributed by atoms with Crippen LogP contribution in [0, 0.1) is 0 Å². The fraction of sp³-hybridized carbons (Fsp3) is 0.0154. The molecule has 0 fully saturated rings. The number of para-hydroxylation sites is 6. The number of ether oxygens (including phenoxy) is 1. The first-order valence-corrected chi connectivity index (χ1v) is 23.9. The largest absolute Gasteiger partial charge is 0.453 e. The van der Waals surface area contributed by atoms with Crippen molar-refractivity contribution in [2.24, 2.45) is 0 Å². The standard InChI is InChI=1S/C65H45N5O/c1-3-15-50(16-4-1)65(51-17-5-2-6-18-51)57-19-7-9-21-59(57)69(60-22-10-8-20-58(60)65)55-43-54(44-56(45-55)70-61-23-11-13-25-63(61)71-64-26-14-12-24-62(64)70)68(52-31-27-46(28-32-52)48-35-39-66-40-36-48)53-33-29-47(30-34-53)49-37-41-67-42-38-49/h1-45H. The van der Waals surface area contributed by atoms with E-state index in [9.17, 15) is 0 Å². The quantitative estimate of drug-likeness (QED) is 0.144. The molecule has 0 N–H and O–H groups in total. The molecule has 13 rings (SSSR count). The van der Waals surface area contributed by atoms with Gasteiger partial charge in [0.15, 0.2) is 11.5 Å². The second-order valence-corrected chi connectivity index (χ2v) is 17.8. The summed E-state index contributed by atoms with van der Waals surface area (Å²) >= 11 is 0. The van der Waals surface area contributed by atoms with Crippen molar-refractivity contribution in [3.05, 3.63) is 296 Å². The number of benzene rings is 9. The summed E-state index contributed by atoms with van der Waals surface area (Å²) in [4.78, 5) is 15.8. The SMILES string of the molecule is c1ccc(C2(c3ccccc3)c3ccccc3N(c3cc(N(c4ccc(-c5ccncc5)cc4)c4ccc(-c5ccncc5)cc4)cc(N4c5ccccc5Oc5ccccc54)c3)c3ccccc32)cc1. The molecule has 2 aliphatic heterocycles. The smallest absolute Gasteiger partial charge is 0.151 e. The second kappa shape index (κ2) is 17.5. The number of fused-ring (bicyclic) bond motifs is 4. The third-order valence-electron chi connectivity index (χ3n) is 13.9. The topological polar surface area (TPSA) is 44.7 Å². The summed E-state index contributed by atoms with van der Waals surface area (Å²) in [6.07, 6.45) is 7.37. The maximum Gasteiger partial charge on any atom is 0.151 e. The highest BCUT2D eigenvalue weighted by Crippen LogP contribution is 2.59. The average Bonchev–Trinajstić information content (AvgIpc) is 3.45. The lowest BCUT2D eigenvalue weighted by atomic mass is 9.62. The second-order valence-electron chi connectivity index (χ2n) is 17.8. The molecule has 6 heteroatoms. The summed E-state index contributed by atoms with van der Waals surface area (Å²) < 4.78 is 6.62. The van der Waals surface area contributed by atoms with Crippen molar-refractivity contribution >= 4 is 51.2 Å². The Morgan fingerprint density at radius 1 is 0.324 bits per heavy atom. The number of nitrogens with zero attached hydrogens (tertiary/aromatic N) is 5. The lowest BCUT2D eigenvalue weighted by molar-refractivity contribution is 0.477. The Morgan fingerprint density at radius 2 is 0.690 bits per heavy atom. The summed E-state index contributed by atoms with van der Waals surface area (Å²) in [6, 6.07) is 89.4. The fourth-order valence-corrected chi connectivity index (χ4v) is 10.8. The van der Waals surface area contributed by atoms with Crippen molar-refractivity contribution in [1.29, 1.82) is 0 Å². The molecular weight excluding hydrogens is 867 g/mol. The molecule has 6 nitrogen and oxygen atoms in total. The van der Waals surface area contributed by atoms with Crippen LogP contribution in [0.15, 0.2) is 274 Å². The van der Waals surface area contributed by atoms with E-state index in [-0.39, 0.29) is 0 Å². The zero-order valence-electron chi connectivity index (χ0n) is 38.6. The molecule has 0 aliphatic carbocycles. The number of aromatic nitrogens is 2. The molecule has 2 aliphatic rings. The van der Waals surface area contributed by atoms with E-state index in [4.69, 9.17) is 4.74 Å². The molecular formula is C65H45N5O. The van der Waals surface area contributed by atoms with Crippen molar-refractivity contribution < 1.29 is 4.74 Å². The van der Waals surface area contributed by atoms with Crippen molar-refractivity contribution in [2.75, 3.05) is 14.7 Å². The Kier molecular flexibility index (Phi) is 10.3. The summed E-state index contributed by atoms with van der Waals surface area (Å²) in [5, 5.41) is 0. The summed E-state index contributed by atoms with van der Waals surface area (Å²) in [6.45, 7) is 0. The molecule has 0 spiro atoms. The Morgan fingerprint density at radius 3 is 1.14 bits per heavy atom. The minimum absolute atomic E-state index is 0.617. The van der Waals surface area contributed by atoms with Gasteiger partial charge in [0.25, 0.3) is 0 Å². The van der Waals surface area contributed by atoms with E-state index in [2.05, 4.69) is 249 Å². The Labute approximate surface area is 413 Å². The van der Waals surface area contributed by atoms with Gasteiger partial charge in [-0.05, 0) is 148 Å². The molecule has 0 bridgehead atoms. The molecule has 0 saturated carbocycles. The first-order chi connectivity index (χ1) is 35.2. The van der Waals surface area contributed by atoms with Gasteiger partial charge in [-0.15, -0.1) is 0 Å². The molecule has 2 aromatic heterocycles. The molecule has 336 valence electrons. The average molecular weight is 912 g/mol. The predicted octanol–water partition coefficient (Wildman–Crippen LogP) is 17.0. The Hall–Kier alpha value is -9.52. The van der Waals surface area contributed by atoms with Crippen LogP contribution in [0.25, 0.3) is 22.3 Å². The van der Waals surface area contributed by atoms with Crippen molar-refractivity contribution in [3.8, 4) is 33.8 Å². The van der Waals surface area contributed by atoms with Crippen LogP contribution in [0.4, 0.5) is 51.2 Å². The van der Waals surface area contributed by atoms with Gasteiger partial charge in [-0.3, -0.25) is 9.97 Å². The van der Waals surface area contributed by atoms with E-state index in [1.807, 2.05) is 49.1 Å². The molecule has 0 amide bonds. The minimum Gasteiger partial charge on any atom is -0.453 e. The van der Waals surface area contributed by atoms with Crippen LogP contribution in [-0.2, 0) is 5.41 Å². The molecule has 71 heavy (non-hydrogen) atoms. The van der Waals surface area contributed by atoms with Crippen LogP contribution in [0.2, 0.25) is 0 Å². The van der Waals surface area contributed by atoms with E-state index in [1.54, 1.807) is 0 Å². The number of hydrogen-bond acceptors (Lipinski definition) is 6. The zero-order valence-corrected chi connectivity index (χ0v) is 38.6. The van der Waals surface area contributed by atoms with Gasteiger partial charge < -0.3 is 19.4 Å². The van der Waals surface area contributed by atoms with Crippen LogP contribution in [-0.4, -0.2) is 9.97 Å². The first-order valence-electron chi connectivity index (χ1n) is 23.9. The first kappa shape index (κ1) is 41.7. The number of pyridine rings is 2. The molecule has 0 unspecified atom stereocenters. The zero-order chi connectivity index (χ0) is 47.1. The van der Waals surface area contributed by atoms with Gasteiger partial charge in [-0.25, -0.2) is 0 Å². The highest BCUT2D eigenvalue weighted by molar-refractivity contribution is 5.95. The fourth-order valence-electron chi connectivity index (χ4n) is 10.8. The van der Waals surface area contributed by atoms with Crippen molar-refractivity contribution in [2.45, 2.75) is 5.41 Å². The summed E-state index contributed by atoms with van der Waals surface area (Å²) in [7, 11) is 0. The molecule has 4 heterocycles. The summed E-state index contributed by atoms with van der Waals surface area (Å²) in [5.74, 6) is 1.58. The van der Waals surface area contributed by atoms with E-state index < -0.39 is 5.41 Å². The third kappa shape index (κ3) is 7.12.